The summed E-state index contributed by atoms with van der Waals surface area (Å²) in [6, 6.07) is -3.95. The summed E-state index contributed by atoms with van der Waals surface area (Å²) in [6.07, 6.45) is -0.466. The van der Waals surface area contributed by atoms with Gasteiger partial charge in [0.15, 0.2) is 0 Å². The molecule has 0 aromatic rings. The average molecular weight is 390 g/mol. The smallest absolute Gasteiger partial charge is 0.326 e. The van der Waals surface area contributed by atoms with Crippen LogP contribution in [-0.2, 0) is 24.0 Å². The third-order valence-corrected chi connectivity index (χ3v) is 3.31. The Morgan fingerprint density at radius 1 is 0.963 bits per heavy atom. The van der Waals surface area contributed by atoms with Gasteiger partial charge in [-0.25, -0.2) is 4.79 Å². The summed E-state index contributed by atoms with van der Waals surface area (Å²) >= 11 is 0. The third-order valence-electron chi connectivity index (χ3n) is 3.31. The van der Waals surface area contributed by atoms with Crippen molar-refractivity contribution >= 4 is 29.7 Å². The summed E-state index contributed by atoms with van der Waals surface area (Å²) in [5.41, 5.74) is 5.32. The standard InChI is InChI=1S/C15H26N4O8/c1-7(2)3-9(15(26)27)19-14(25)10(6-20)18-11(21)5-17-13(24)8(16)4-12(22)23/h7-10,20H,3-6,16H2,1-2H3,(H,17,24)(H,18,21)(H,19,25)(H,22,23)(H,26,27). The molecule has 3 unspecified atom stereocenters. The molecule has 0 bridgehead atoms. The Labute approximate surface area is 155 Å². The minimum Gasteiger partial charge on any atom is -0.481 e. The van der Waals surface area contributed by atoms with Crippen LogP contribution in [0.2, 0.25) is 0 Å². The SMILES string of the molecule is CC(C)CC(NC(=O)C(CO)NC(=O)CNC(=O)C(N)CC(=O)O)C(=O)O. The fourth-order valence-electron chi connectivity index (χ4n) is 1.98. The Kier molecular flexibility index (Phi) is 10.6. The van der Waals surface area contributed by atoms with Gasteiger partial charge in [-0.15, -0.1) is 0 Å². The first-order valence-electron chi connectivity index (χ1n) is 8.16. The number of aliphatic hydroxyl groups is 1. The average Bonchev–Trinajstić information content (AvgIpc) is 2.55. The van der Waals surface area contributed by atoms with Crippen LogP contribution in [0.3, 0.4) is 0 Å². The Bertz CT molecular complexity index is 566. The molecular formula is C15H26N4O8. The number of carboxylic acid groups (broad SMARTS) is 2. The molecule has 8 N–H and O–H groups in total. The lowest BCUT2D eigenvalue weighted by atomic mass is 10.0. The van der Waals surface area contributed by atoms with E-state index in [1.165, 1.54) is 0 Å². The molecule has 0 rings (SSSR count). The molecule has 154 valence electrons. The molecule has 12 heteroatoms. The number of rotatable bonds is 12. The second-order valence-electron chi connectivity index (χ2n) is 6.25. The number of hydrogen-bond acceptors (Lipinski definition) is 7. The highest BCUT2D eigenvalue weighted by Gasteiger charge is 2.27. The van der Waals surface area contributed by atoms with E-state index in [9.17, 15) is 29.1 Å². The number of aliphatic carboxylic acids is 2. The van der Waals surface area contributed by atoms with Gasteiger partial charge in [0, 0.05) is 0 Å². The zero-order valence-electron chi connectivity index (χ0n) is 15.1. The Morgan fingerprint density at radius 3 is 2.00 bits per heavy atom. The first-order valence-corrected chi connectivity index (χ1v) is 8.16. The van der Waals surface area contributed by atoms with E-state index in [1.54, 1.807) is 13.8 Å². The van der Waals surface area contributed by atoms with Crippen LogP contribution < -0.4 is 21.7 Å². The highest BCUT2D eigenvalue weighted by Crippen LogP contribution is 2.05. The largest absolute Gasteiger partial charge is 0.481 e. The van der Waals surface area contributed by atoms with Crippen LogP contribution in [0, 0.1) is 5.92 Å². The monoisotopic (exact) mass is 390 g/mol. The fourth-order valence-corrected chi connectivity index (χ4v) is 1.98. The van der Waals surface area contributed by atoms with Gasteiger partial charge in [-0.05, 0) is 12.3 Å². The van der Waals surface area contributed by atoms with E-state index in [0.29, 0.717) is 0 Å². The van der Waals surface area contributed by atoms with Gasteiger partial charge in [0.2, 0.25) is 17.7 Å². The maximum absolute atomic E-state index is 12.1. The van der Waals surface area contributed by atoms with Crippen LogP contribution in [0.1, 0.15) is 26.7 Å². The zero-order valence-corrected chi connectivity index (χ0v) is 15.1. The molecule has 3 atom stereocenters. The van der Waals surface area contributed by atoms with E-state index < -0.39 is 67.4 Å². The van der Waals surface area contributed by atoms with Gasteiger partial charge in [-0.3, -0.25) is 19.2 Å². The Hall–Kier alpha value is -2.73. The van der Waals surface area contributed by atoms with Gasteiger partial charge in [0.1, 0.15) is 12.1 Å². The van der Waals surface area contributed by atoms with Crippen molar-refractivity contribution in [1.29, 1.82) is 0 Å². The molecule has 0 aromatic carbocycles. The predicted octanol–water partition coefficient (Wildman–Crippen LogP) is -3.00. The van der Waals surface area contributed by atoms with Gasteiger partial charge in [-0.2, -0.15) is 0 Å². The van der Waals surface area contributed by atoms with E-state index >= 15 is 0 Å². The maximum atomic E-state index is 12.1. The molecule has 12 nitrogen and oxygen atoms in total. The van der Waals surface area contributed by atoms with Crippen molar-refractivity contribution < 1.29 is 39.3 Å². The number of aliphatic hydroxyl groups excluding tert-OH is 1. The number of carbonyl (C=O) groups is 5. The minimum absolute atomic E-state index is 0.0150. The van der Waals surface area contributed by atoms with Crippen LogP contribution in [-0.4, -0.2) is 76.3 Å². The molecule has 0 spiro atoms. The van der Waals surface area contributed by atoms with E-state index in [2.05, 4.69) is 16.0 Å². The lowest BCUT2D eigenvalue weighted by Crippen LogP contribution is -2.55. The van der Waals surface area contributed by atoms with Crippen molar-refractivity contribution in [3.63, 3.8) is 0 Å². The second kappa shape index (κ2) is 11.8. The van der Waals surface area contributed by atoms with Crippen molar-refractivity contribution in [2.75, 3.05) is 13.2 Å². The zero-order chi connectivity index (χ0) is 21.1. The van der Waals surface area contributed by atoms with E-state index in [4.69, 9.17) is 15.9 Å². The van der Waals surface area contributed by atoms with Crippen molar-refractivity contribution in [3.8, 4) is 0 Å². The molecule has 0 fully saturated rings. The fraction of sp³-hybridized carbons (Fsp3) is 0.667. The van der Waals surface area contributed by atoms with Crippen LogP contribution in [0.15, 0.2) is 0 Å². The summed E-state index contributed by atoms with van der Waals surface area (Å²) in [5, 5.41) is 33.3. The van der Waals surface area contributed by atoms with Crippen LogP contribution in [0.25, 0.3) is 0 Å². The van der Waals surface area contributed by atoms with Gasteiger partial charge in [-0.1, -0.05) is 13.8 Å². The van der Waals surface area contributed by atoms with Gasteiger partial charge in [0.25, 0.3) is 0 Å². The number of nitrogens with one attached hydrogen (secondary N) is 3. The molecule has 0 aliphatic rings. The first kappa shape index (κ1) is 24.3. The lowest BCUT2D eigenvalue weighted by Gasteiger charge is -2.21. The molecule has 0 heterocycles. The number of carbonyl (C=O) groups excluding carboxylic acids is 3. The number of carboxylic acids is 2. The number of nitrogens with two attached hydrogens (primary N) is 1. The van der Waals surface area contributed by atoms with Crippen molar-refractivity contribution in [3.05, 3.63) is 0 Å². The maximum Gasteiger partial charge on any atom is 0.326 e. The van der Waals surface area contributed by atoms with Crippen molar-refractivity contribution in [2.45, 2.75) is 44.8 Å². The molecule has 0 aliphatic heterocycles. The quantitative estimate of drug-likeness (QED) is 0.181. The molecule has 0 radical (unpaired) electrons. The third kappa shape index (κ3) is 10.1. The van der Waals surface area contributed by atoms with Gasteiger partial charge in [0.05, 0.1) is 25.6 Å². The topological polar surface area (TPSA) is 208 Å². The Balaban J connectivity index is 4.61. The molecule has 0 saturated carbocycles. The number of hydrogen-bond donors (Lipinski definition) is 7. The van der Waals surface area contributed by atoms with Crippen LogP contribution in [0.4, 0.5) is 0 Å². The predicted molar refractivity (Wildman–Crippen MR) is 91.3 cm³/mol. The summed E-state index contributed by atoms with van der Waals surface area (Å²) in [5.74, 6) is -5.17. The first-order chi connectivity index (χ1) is 12.5. The lowest BCUT2D eigenvalue weighted by molar-refractivity contribution is -0.143. The molecular weight excluding hydrogens is 364 g/mol. The number of amides is 3. The summed E-state index contributed by atoms with van der Waals surface area (Å²) in [7, 11) is 0. The molecule has 0 aromatic heterocycles. The highest BCUT2D eigenvalue weighted by atomic mass is 16.4. The highest BCUT2D eigenvalue weighted by molar-refractivity contribution is 5.93. The van der Waals surface area contributed by atoms with Crippen molar-refractivity contribution in [1.82, 2.24) is 16.0 Å². The van der Waals surface area contributed by atoms with E-state index in [-0.39, 0.29) is 12.3 Å². The molecule has 0 aliphatic carbocycles. The minimum atomic E-state index is -1.42. The van der Waals surface area contributed by atoms with Crippen molar-refractivity contribution in [2.24, 2.45) is 11.7 Å². The van der Waals surface area contributed by atoms with Crippen LogP contribution in [0.5, 0.6) is 0 Å². The Morgan fingerprint density at radius 2 is 1.56 bits per heavy atom. The van der Waals surface area contributed by atoms with E-state index in [1.807, 2.05) is 0 Å². The summed E-state index contributed by atoms with van der Waals surface area (Å²) < 4.78 is 0. The van der Waals surface area contributed by atoms with Crippen LogP contribution >= 0.6 is 0 Å². The molecule has 3 amide bonds. The molecule has 27 heavy (non-hydrogen) atoms. The summed E-state index contributed by atoms with van der Waals surface area (Å²) in [4.78, 5) is 57.0. The van der Waals surface area contributed by atoms with Gasteiger partial charge < -0.3 is 37.0 Å². The summed E-state index contributed by atoms with van der Waals surface area (Å²) in [6.45, 7) is 2.14. The molecule has 0 saturated heterocycles. The van der Waals surface area contributed by atoms with Gasteiger partial charge >= 0.3 is 11.9 Å². The normalized spacial score (nSPS) is 14.0. The van der Waals surface area contributed by atoms with E-state index in [0.717, 1.165) is 0 Å². The second-order valence-corrected chi connectivity index (χ2v) is 6.25.